The zero-order valence-corrected chi connectivity index (χ0v) is 14.0. The van der Waals surface area contributed by atoms with E-state index >= 15 is 0 Å². The first-order chi connectivity index (χ1) is 7.86. The molecule has 0 aliphatic carbocycles. The Morgan fingerprint density at radius 2 is 1.18 bits per heavy atom. The molecule has 0 amide bonds. The van der Waals surface area contributed by atoms with Crippen LogP contribution in [0.15, 0.2) is 48.5 Å². The topological polar surface area (TPSA) is 0 Å². The van der Waals surface area contributed by atoms with Crippen molar-refractivity contribution in [1.29, 1.82) is 0 Å². The van der Waals surface area contributed by atoms with Crippen molar-refractivity contribution in [1.82, 2.24) is 0 Å². The van der Waals surface area contributed by atoms with Crippen molar-refractivity contribution in [3.05, 3.63) is 71.8 Å². The molecule has 0 saturated heterocycles. The van der Waals surface area contributed by atoms with E-state index in [1.165, 1.54) is 0 Å². The first-order valence-electron chi connectivity index (χ1n) is 4.90. The zero-order chi connectivity index (χ0) is 11.6. The standard InChI is InChI=1S/2C7H6Cl.Zn/c2*8-6-7-4-2-1-3-5-7;/h2*1-4H,6H2;/q2*-1;+2. The van der Waals surface area contributed by atoms with Gasteiger partial charge in [0.15, 0.2) is 0 Å². The van der Waals surface area contributed by atoms with E-state index in [-0.39, 0.29) is 19.5 Å². The van der Waals surface area contributed by atoms with E-state index in [1.807, 2.05) is 48.5 Å². The van der Waals surface area contributed by atoms with E-state index in [1.54, 1.807) is 0 Å². The van der Waals surface area contributed by atoms with Gasteiger partial charge >= 0.3 is 19.5 Å². The summed E-state index contributed by atoms with van der Waals surface area (Å²) < 4.78 is 0. The Balaban J connectivity index is 0.000000284. The molecule has 2 aromatic carbocycles. The summed E-state index contributed by atoms with van der Waals surface area (Å²) in [4.78, 5) is 0. The molecule has 0 nitrogen and oxygen atoms in total. The van der Waals surface area contributed by atoms with E-state index < -0.39 is 0 Å². The predicted molar refractivity (Wildman–Crippen MR) is 69.7 cm³/mol. The molecule has 0 aliphatic rings. The Bertz CT molecular complexity index is 336. The summed E-state index contributed by atoms with van der Waals surface area (Å²) >= 11 is 11.0. The maximum Gasteiger partial charge on any atom is 2.00 e. The van der Waals surface area contributed by atoms with Crippen LogP contribution in [0.25, 0.3) is 0 Å². The molecule has 0 unspecified atom stereocenters. The minimum atomic E-state index is 0. The van der Waals surface area contributed by atoms with Crippen LogP contribution in [-0.2, 0) is 31.2 Å². The van der Waals surface area contributed by atoms with Gasteiger partial charge < -0.3 is 0 Å². The first kappa shape index (κ1) is 16.6. The van der Waals surface area contributed by atoms with Gasteiger partial charge in [0, 0.05) is 11.8 Å². The summed E-state index contributed by atoms with van der Waals surface area (Å²) in [7, 11) is 0. The monoisotopic (exact) mass is 314 g/mol. The first-order valence-corrected chi connectivity index (χ1v) is 5.97. The number of halogens is 2. The molecule has 84 valence electrons. The van der Waals surface area contributed by atoms with Crippen LogP contribution in [0.2, 0.25) is 0 Å². The molecular weight excluding hydrogens is 304 g/mol. The predicted octanol–water partition coefficient (Wildman–Crippen LogP) is 4.45. The van der Waals surface area contributed by atoms with Gasteiger partial charge in [-0.05, 0) is 0 Å². The largest absolute Gasteiger partial charge is 2.00 e. The van der Waals surface area contributed by atoms with Crippen LogP contribution in [0.4, 0.5) is 0 Å². The molecular formula is C14H12Cl2Zn. The SMILES string of the molecule is ClCc1[c-]cccc1.ClCc1[c-]cccc1.[Zn+2]. The summed E-state index contributed by atoms with van der Waals surface area (Å²) in [5, 5.41) is 0. The van der Waals surface area contributed by atoms with Crippen LogP contribution in [0.1, 0.15) is 11.1 Å². The van der Waals surface area contributed by atoms with Crippen LogP contribution >= 0.6 is 23.2 Å². The smallest absolute Gasteiger partial charge is 0.179 e. The minimum absolute atomic E-state index is 0. The molecule has 0 N–H and O–H groups in total. The van der Waals surface area contributed by atoms with Crippen molar-refractivity contribution < 1.29 is 19.5 Å². The molecule has 2 aromatic rings. The van der Waals surface area contributed by atoms with E-state index in [4.69, 9.17) is 23.2 Å². The van der Waals surface area contributed by atoms with Gasteiger partial charge in [-0.25, -0.2) is 0 Å². The summed E-state index contributed by atoms with van der Waals surface area (Å²) in [6.45, 7) is 0. The molecule has 17 heavy (non-hydrogen) atoms. The van der Waals surface area contributed by atoms with Crippen LogP contribution in [0.3, 0.4) is 0 Å². The number of hydrogen-bond acceptors (Lipinski definition) is 0. The molecule has 0 heterocycles. The third kappa shape index (κ3) is 7.55. The third-order valence-electron chi connectivity index (χ3n) is 1.83. The van der Waals surface area contributed by atoms with E-state index in [0.717, 1.165) is 11.1 Å². The molecule has 0 aliphatic heterocycles. The molecule has 0 atom stereocenters. The molecule has 0 saturated carbocycles. The van der Waals surface area contributed by atoms with Gasteiger partial charge in [0.2, 0.25) is 0 Å². The van der Waals surface area contributed by atoms with Gasteiger partial charge in [-0.1, -0.05) is 0 Å². The summed E-state index contributed by atoms with van der Waals surface area (Å²) in [5.74, 6) is 1.11. The summed E-state index contributed by atoms with van der Waals surface area (Å²) in [6, 6.07) is 21.4. The number of alkyl halides is 2. The normalized spacial score (nSPS) is 8.59. The Kier molecular flexibility index (Phi) is 10.5. The van der Waals surface area contributed by atoms with Gasteiger partial charge in [-0.2, -0.15) is 60.7 Å². The second-order valence-corrected chi connectivity index (χ2v) is 3.58. The van der Waals surface area contributed by atoms with Gasteiger partial charge in [-0.3, -0.25) is 0 Å². The van der Waals surface area contributed by atoms with Gasteiger partial charge in [0.05, 0.1) is 0 Å². The van der Waals surface area contributed by atoms with Crippen molar-refractivity contribution in [2.75, 3.05) is 0 Å². The second-order valence-electron chi connectivity index (χ2n) is 3.04. The zero-order valence-electron chi connectivity index (χ0n) is 9.50. The van der Waals surface area contributed by atoms with Crippen molar-refractivity contribution in [3.8, 4) is 0 Å². The van der Waals surface area contributed by atoms with Crippen molar-refractivity contribution in [2.45, 2.75) is 11.8 Å². The Morgan fingerprint density at radius 3 is 1.35 bits per heavy atom. The summed E-state index contributed by atoms with van der Waals surface area (Å²) in [6.07, 6.45) is 0. The van der Waals surface area contributed by atoms with Crippen molar-refractivity contribution in [2.24, 2.45) is 0 Å². The number of rotatable bonds is 2. The molecule has 2 rings (SSSR count). The molecule has 3 heteroatoms. The fourth-order valence-electron chi connectivity index (χ4n) is 1.03. The van der Waals surface area contributed by atoms with E-state index in [0.29, 0.717) is 11.8 Å². The Hall–Kier alpha value is -0.357. The second kappa shape index (κ2) is 10.8. The fraction of sp³-hybridized carbons (Fsp3) is 0.143. The van der Waals surface area contributed by atoms with Crippen molar-refractivity contribution >= 4 is 23.2 Å². The maximum absolute atomic E-state index is 5.50. The Labute approximate surface area is 126 Å². The van der Waals surface area contributed by atoms with E-state index in [2.05, 4.69) is 12.1 Å². The fourth-order valence-corrected chi connectivity index (χ4v) is 1.36. The van der Waals surface area contributed by atoms with Crippen LogP contribution < -0.4 is 0 Å². The van der Waals surface area contributed by atoms with Crippen LogP contribution in [0.5, 0.6) is 0 Å². The van der Waals surface area contributed by atoms with E-state index in [9.17, 15) is 0 Å². The minimum Gasteiger partial charge on any atom is -0.179 e. The Morgan fingerprint density at radius 1 is 0.765 bits per heavy atom. The van der Waals surface area contributed by atoms with Gasteiger partial charge in [0.25, 0.3) is 0 Å². The third-order valence-corrected chi connectivity index (χ3v) is 2.41. The van der Waals surface area contributed by atoms with Gasteiger partial charge in [0.1, 0.15) is 0 Å². The molecule has 0 spiro atoms. The molecule has 0 fully saturated rings. The average molecular weight is 317 g/mol. The van der Waals surface area contributed by atoms with Crippen LogP contribution in [-0.4, -0.2) is 0 Å². The quantitative estimate of drug-likeness (QED) is 0.436. The number of hydrogen-bond donors (Lipinski definition) is 0. The summed E-state index contributed by atoms with van der Waals surface area (Å²) in [5.41, 5.74) is 2.10. The van der Waals surface area contributed by atoms with Crippen LogP contribution in [0, 0.1) is 12.1 Å². The van der Waals surface area contributed by atoms with Gasteiger partial charge in [-0.15, -0.1) is 34.3 Å². The number of benzene rings is 2. The maximum atomic E-state index is 5.50. The molecule has 0 radical (unpaired) electrons. The molecule has 0 aromatic heterocycles. The van der Waals surface area contributed by atoms with Crippen molar-refractivity contribution in [3.63, 3.8) is 0 Å². The average Bonchev–Trinajstić information content (AvgIpc) is 2.41. The molecule has 0 bridgehead atoms.